The van der Waals surface area contributed by atoms with E-state index in [0.29, 0.717) is 56.5 Å². The Labute approximate surface area is 218 Å². The van der Waals surface area contributed by atoms with Crippen LogP contribution in [0.15, 0.2) is 24.3 Å². The number of carbonyl (C=O) groups is 3. The fraction of sp³-hybridized carbons (Fsp3) is 0.556. The summed E-state index contributed by atoms with van der Waals surface area (Å²) in [6.07, 6.45) is 0.906. The van der Waals surface area contributed by atoms with Gasteiger partial charge >= 0.3 is 0 Å². The molecular formula is C27H38N6O4. The number of fused-ring (bicyclic) bond motifs is 1. The van der Waals surface area contributed by atoms with Gasteiger partial charge in [-0.1, -0.05) is 32.9 Å². The first-order chi connectivity index (χ1) is 17.6. The van der Waals surface area contributed by atoms with Crippen LogP contribution in [0.4, 0.5) is 0 Å². The third kappa shape index (κ3) is 5.86. The van der Waals surface area contributed by atoms with Crippen LogP contribution in [-0.2, 0) is 22.6 Å². The zero-order valence-electron chi connectivity index (χ0n) is 22.5. The maximum Gasteiger partial charge on any atom is 0.272 e. The number of nitrogens with one attached hydrogen (secondary N) is 2. The number of nitrogens with zero attached hydrogens (tertiary/aromatic N) is 4. The number of hydrogen-bond donors (Lipinski definition) is 2. The second-order valence-electron chi connectivity index (χ2n) is 10.8. The minimum absolute atomic E-state index is 0.0379. The van der Waals surface area contributed by atoms with Gasteiger partial charge in [-0.05, 0) is 37.6 Å². The summed E-state index contributed by atoms with van der Waals surface area (Å²) in [5.41, 5.74) is 2.00. The van der Waals surface area contributed by atoms with E-state index >= 15 is 0 Å². The highest BCUT2D eigenvalue weighted by atomic mass is 16.5. The highest BCUT2D eigenvalue weighted by Gasteiger charge is 2.34. The van der Waals surface area contributed by atoms with E-state index in [1.54, 1.807) is 11.9 Å². The van der Waals surface area contributed by atoms with Crippen LogP contribution >= 0.6 is 0 Å². The Morgan fingerprint density at radius 1 is 1.08 bits per heavy atom. The van der Waals surface area contributed by atoms with Crippen molar-refractivity contribution in [1.82, 2.24) is 30.0 Å². The van der Waals surface area contributed by atoms with Crippen LogP contribution in [0.2, 0.25) is 0 Å². The highest BCUT2D eigenvalue weighted by molar-refractivity contribution is 5.98. The fourth-order valence-corrected chi connectivity index (χ4v) is 4.88. The number of likely N-dealkylation sites (N-methyl/N-ethyl adjacent to an activating group) is 1. The molecule has 0 saturated carbocycles. The zero-order chi connectivity index (χ0) is 26.7. The normalized spacial score (nSPS) is 17.5. The molecule has 1 aromatic heterocycles. The molecule has 2 aromatic rings. The number of carbonyl (C=O) groups excluding carboxylic acids is 3. The summed E-state index contributed by atoms with van der Waals surface area (Å²) < 4.78 is 7.47. The molecule has 3 amide bonds. The summed E-state index contributed by atoms with van der Waals surface area (Å²) in [4.78, 5) is 48.1. The molecule has 2 aliphatic heterocycles. The molecule has 10 nitrogen and oxygen atoms in total. The van der Waals surface area contributed by atoms with Gasteiger partial charge < -0.3 is 29.7 Å². The molecule has 1 aromatic carbocycles. The molecule has 2 N–H and O–H groups in total. The quantitative estimate of drug-likeness (QED) is 0.635. The second kappa shape index (κ2) is 11.0. The molecule has 0 radical (unpaired) electrons. The van der Waals surface area contributed by atoms with E-state index < -0.39 is 11.5 Å². The minimum Gasteiger partial charge on any atom is -0.378 e. The van der Waals surface area contributed by atoms with Gasteiger partial charge in [0.25, 0.3) is 11.8 Å². The molecule has 1 unspecified atom stereocenters. The van der Waals surface area contributed by atoms with Crippen molar-refractivity contribution >= 4 is 17.7 Å². The van der Waals surface area contributed by atoms with Crippen LogP contribution in [0.1, 0.15) is 53.7 Å². The molecule has 200 valence electrons. The Balaban J connectivity index is 1.72. The lowest BCUT2D eigenvalue weighted by Crippen LogP contribution is -2.53. The van der Waals surface area contributed by atoms with E-state index in [-0.39, 0.29) is 17.7 Å². The predicted molar refractivity (Wildman–Crippen MR) is 140 cm³/mol. The molecule has 0 bridgehead atoms. The molecule has 3 heterocycles. The molecule has 37 heavy (non-hydrogen) atoms. The number of imidazole rings is 1. The van der Waals surface area contributed by atoms with Crippen molar-refractivity contribution in [2.75, 3.05) is 46.9 Å². The van der Waals surface area contributed by atoms with Gasteiger partial charge in [0.2, 0.25) is 5.91 Å². The summed E-state index contributed by atoms with van der Waals surface area (Å²) in [6.45, 7) is 10.1. The summed E-state index contributed by atoms with van der Waals surface area (Å²) in [6, 6.07) is 6.72. The van der Waals surface area contributed by atoms with Crippen LogP contribution < -0.4 is 10.6 Å². The number of rotatable bonds is 5. The van der Waals surface area contributed by atoms with Crippen molar-refractivity contribution in [2.45, 2.75) is 46.3 Å². The zero-order valence-corrected chi connectivity index (χ0v) is 22.5. The number of amides is 3. The van der Waals surface area contributed by atoms with E-state index in [0.717, 1.165) is 24.2 Å². The van der Waals surface area contributed by atoms with E-state index in [4.69, 9.17) is 9.72 Å². The van der Waals surface area contributed by atoms with Gasteiger partial charge in [-0.2, -0.15) is 0 Å². The van der Waals surface area contributed by atoms with Crippen molar-refractivity contribution in [2.24, 2.45) is 5.41 Å². The Bertz CT molecular complexity index is 1160. The number of ether oxygens (including phenoxy) is 1. The summed E-state index contributed by atoms with van der Waals surface area (Å²) in [5.74, 6) is -0.0180. The highest BCUT2D eigenvalue weighted by Crippen LogP contribution is 2.28. The Morgan fingerprint density at radius 2 is 1.81 bits per heavy atom. The number of benzene rings is 1. The Morgan fingerprint density at radius 3 is 2.49 bits per heavy atom. The summed E-state index contributed by atoms with van der Waals surface area (Å²) in [7, 11) is 3.59. The molecule has 10 heteroatoms. The number of aromatic nitrogens is 2. The average Bonchev–Trinajstić information content (AvgIpc) is 3.12. The van der Waals surface area contributed by atoms with Crippen LogP contribution in [0.5, 0.6) is 0 Å². The lowest BCUT2D eigenvalue weighted by molar-refractivity contribution is -0.124. The third-order valence-electron chi connectivity index (χ3n) is 6.94. The topological polar surface area (TPSA) is 109 Å². The van der Waals surface area contributed by atoms with Crippen molar-refractivity contribution in [3.63, 3.8) is 0 Å². The van der Waals surface area contributed by atoms with E-state index in [9.17, 15) is 14.4 Å². The van der Waals surface area contributed by atoms with Crippen molar-refractivity contribution < 1.29 is 19.1 Å². The average molecular weight is 511 g/mol. The SMILES string of the molecule is CNC(=O)C(NC(=O)c1nc(-c2cccc(C(=O)N3CCOCC3)c2)n2c1CN(C)CCC2)C(C)(C)C. The van der Waals surface area contributed by atoms with Crippen LogP contribution in [0.3, 0.4) is 0 Å². The van der Waals surface area contributed by atoms with Gasteiger partial charge in [-0.3, -0.25) is 14.4 Å². The lowest BCUT2D eigenvalue weighted by Gasteiger charge is -2.29. The van der Waals surface area contributed by atoms with Crippen LogP contribution in [0.25, 0.3) is 11.4 Å². The first-order valence-electron chi connectivity index (χ1n) is 12.9. The maximum atomic E-state index is 13.6. The molecule has 4 rings (SSSR count). The molecular weight excluding hydrogens is 472 g/mol. The van der Waals surface area contributed by atoms with Gasteiger partial charge in [0.05, 0.1) is 18.9 Å². The molecule has 1 saturated heterocycles. The Hall–Kier alpha value is -3.24. The monoisotopic (exact) mass is 510 g/mol. The standard InChI is InChI=1S/C27H38N6O4/c1-27(2,3)22(25(35)28-4)30-24(34)21-20-17-31(5)10-7-11-33(20)23(29-21)18-8-6-9-19(16-18)26(36)32-12-14-37-15-13-32/h6,8-9,16,22H,7,10-15,17H2,1-5H3,(H,28,35)(H,30,34). The first kappa shape index (κ1) is 26.8. The fourth-order valence-electron chi connectivity index (χ4n) is 4.88. The van der Waals surface area contributed by atoms with Gasteiger partial charge in [0.1, 0.15) is 11.9 Å². The maximum absolute atomic E-state index is 13.6. The van der Waals surface area contributed by atoms with Crippen molar-refractivity contribution in [3.8, 4) is 11.4 Å². The van der Waals surface area contributed by atoms with Gasteiger partial charge in [0.15, 0.2) is 5.69 Å². The largest absolute Gasteiger partial charge is 0.378 e. The molecule has 1 atom stereocenters. The smallest absolute Gasteiger partial charge is 0.272 e. The predicted octanol–water partition coefficient (Wildman–Crippen LogP) is 1.75. The van der Waals surface area contributed by atoms with Gasteiger partial charge in [-0.25, -0.2) is 4.98 Å². The number of hydrogen-bond acceptors (Lipinski definition) is 6. The van der Waals surface area contributed by atoms with Gasteiger partial charge in [0, 0.05) is 44.4 Å². The van der Waals surface area contributed by atoms with E-state index in [1.807, 2.05) is 52.1 Å². The minimum atomic E-state index is -0.719. The first-order valence-corrected chi connectivity index (χ1v) is 12.9. The van der Waals surface area contributed by atoms with Crippen molar-refractivity contribution in [1.29, 1.82) is 0 Å². The third-order valence-corrected chi connectivity index (χ3v) is 6.94. The lowest BCUT2D eigenvalue weighted by atomic mass is 9.86. The number of morpholine rings is 1. The van der Waals surface area contributed by atoms with Crippen molar-refractivity contribution in [3.05, 3.63) is 41.2 Å². The van der Waals surface area contributed by atoms with E-state index in [2.05, 4.69) is 20.1 Å². The van der Waals surface area contributed by atoms with Gasteiger partial charge in [-0.15, -0.1) is 0 Å². The molecule has 2 aliphatic rings. The molecule has 0 spiro atoms. The van der Waals surface area contributed by atoms with Crippen LogP contribution in [0, 0.1) is 5.41 Å². The Kier molecular flexibility index (Phi) is 7.99. The second-order valence-corrected chi connectivity index (χ2v) is 10.8. The molecule has 0 aliphatic carbocycles. The molecule has 1 fully saturated rings. The van der Waals surface area contributed by atoms with Crippen LogP contribution in [-0.4, -0.2) is 90.1 Å². The summed E-state index contributed by atoms with van der Waals surface area (Å²) >= 11 is 0. The summed E-state index contributed by atoms with van der Waals surface area (Å²) in [5, 5.41) is 5.58. The van der Waals surface area contributed by atoms with E-state index in [1.165, 1.54) is 0 Å².